The van der Waals surface area contributed by atoms with Crippen molar-refractivity contribution in [3.63, 3.8) is 0 Å². The Bertz CT molecular complexity index is 851. The molecule has 0 N–H and O–H groups in total. The summed E-state index contributed by atoms with van der Waals surface area (Å²) < 4.78 is 7.40. The van der Waals surface area contributed by atoms with Crippen LogP contribution in [0.5, 0.6) is 0 Å². The van der Waals surface area contributed by atoms with E-state index in [2.05, 4.69) is 52.6 Å². The van der Waals surface area contributed by atoms with Gasteiger partial charge in [-0.15, -0.1) is 10.2 Å². The fraction of sp³-hybridized carbons (Fsp3) is 0.412. The van der Waals surface area contributed by atoms with Gasteiger partial charge in [0, 0.05) is 22.5 Å². The molecule has 0 aliphatic heterocycles. The third-order valence-electron chi connectivity index (χ3n) is 3.60. The fourth-order valence-electron chi connectivity index (χ4n) is 2.24. The second-order valence-electron chi connectivity index (χ2n) is 6.61. The van der Waals surface area contributed by atoms with E-state index in [1.165, 1.54) is 11.8 Å². The van der Waals surface area contributed by atoms with E-state index in [-0.39, 0.29) is 5.41 Å². The second-order valence-corrected chi connectivity index (χ2v) is 7.99. The van der Waals surface area contributed by atoms with Crippen molar-refractivity contribution >= 4 is 23.4 Å². The summed E-state index contributed by atoms with van der Waals surface area (Å²) in [5, 5.41) is 14.2. The minimum Gasteiger partial charge on any atom is -0.338 e. The minimum absolute atomic E-state index is 0.127. The molecule has 0 aliphatic carbocycles. The molecule has 25 heavy (non-hydrogen) atoms. The predicted molar refractivity (Wildman–Crippen MR) is 98.7 cm³/mol. The van der Waals surface area contributed by atoms with E-state index in [0.717, 1.165) is 23.1 Å². The molecule has 0 saturated carbocycles. The highest BCUT2D eigenvalue weighted by Gasteiger charge is 2.21. The number of benzene rings is 1. The summed E-state index contributed by atoms with van der Waals surface area (Å²) in [5.41, 5.74) is 0.857. The first-order valence-electron chi connectivity index (χ1n) is 8.03. The molecule has 8 heteroatoms. The van der Waals surface area contributed by atoms with Crippen LogP contribution in [0.1, 0.15) is 39.4 Å². The van der Waals surface area contributed by atoms with Crippen LogP contribution in [0.4, 0.5) is 0 Å². The highest BCUT2D eigenvalue weighted by Crippen LogP contribution is 2.27. The van der Waals surface area contributed by atoms with Gasteiger partial charge in [-0.05, 0) is 31.2 Å². The van der Waals surface area contributed by atoms with Crippen LogP contribution in [0.3, 0.4) is 0 Å². The number of rotatable bonds is 5. The Balaban J connectivity index is 1.77. The largest absolute Gasteiger partial charge is 0.338 e. The normalized spacial score (nSPS) is 11.9. The lowest BCUT2D eigenvalue weighted by Crippen LogP contribution is -2.13. The van der Waals surface area contributed by atoms with Crippen LogP contribution in [0.15, 0.2) is 33.9 Å². The smallest absolute Gasteiger partial charge is 0.237 e. The van der Waals surface area contributed by atoms with Crippen molar-refractivity contribution in [3.05, 3.63) is 41.0 Å². The van der Waals surface area contributed by atoms with E-state index >= 15 is 0 Å². The summed E-state index contributed by atoms with van der Waals surface area (Å²) in [7, 11) is 0. The molecule has 6 nitrogen and oxygen atoms in total. The molecule has 2 heterocycles. The van der Waals surface area contributed by atoms with Gasteiger partial charge in [-0.3, -0.25) is 0 Å². The third-order valence-corrected chi connectivity index (χ3v) is 4.80. The lowest BCUT2D eigenvalue weighted by atomic mass is 9.96. The van der Waals surface area contributed by atoms with Gasteiger partial charge in [0.1, 0.15) is 0 Å². The molecule has 0 amide bonds. The van der Waals surface area contributed by atoms with Crippen molar-refractivity contribution in [1.29, 1.82) is 0 Å². The zero-order valence-corrected chi connectivity index (χ0v) is 16.2. The topological polar surface area (TPSA) is 69.6 Å². The molecule has 0 unspecified atom stereocenters. The summed E-state index contributed by atoms with van der Waals surface area (Å²) in [4.78, 5) is 4.46. The molecular weight excluding hydrogens is 358 g/mol. The van der Waals surface area contributed by atoms with E-state index < -0.39 is 0 Å². The number of hydrogen-bond donors (Lipinski definition) is 0. The first-order chi connectivity index (χ1) is 11.9. The average molecular weight is 378 g/mol. The van der Waals surface area contributed by atoms with E-state index in [1.54, 1.807) is 0 Å². The fourth-order valence-corrected chi connectivity index (χ4v) is 3.20. The number of thioether (sulfide) groups is 1. The molecule has 0 radical (unpaired) electrons. The van der Waals surface area contributed by atoms with Crippen LogP contribution in [0.2, 0.25) is 5.02 Å². The Kier molecular flexibility index (Phi) is 5.15. The Morgan fingerprint density at radius 2 is 1.88 bits per heavy atom. The van der Waals surface area contributed by atoms with Crippen molar-refractivity contribution in [2.75, 3.05) is 0 Å². The quantitative estimate of drug-likeness (QED) is 0.605. The molecule has 132 valence electrons. The molecule has 0 atom stereocenters. The van der Waals surface area contributed by atoms with Gasteiger partial charge in [0.2, 0.25) is 5.89 Å². The summed E-state index contributed by atoms with van der Waals surface area (Å²) in [6.07, 6.45) is 0. The number of aromatic nitrogens is 5. The monoisotopic (exact) mass is 377 g/mol. The number of halogens is 1. The molecular formula is C17H20ClN5OS. The van der Waals surface area contributed by atoms with E-state index in [0.29, 0.717) is 22.5 Å². The minimum atomic E-state index is -0.127. The van der Waals surface area contributed by atoms with Crippen LogP contribution in [0.25, 0.3) is 11.4 Å². The van der Waals surface area contributed by atoms with Gasteiger partial charge in [0.25, 0.3) is 0 Å². The van der Waals surface area contributed by atoms with Gasteiger partial charge >= 0.3 is 0 Å². The molecule has 0 saturated heterocycles. The van der Waals surface area contributed by atoms with Gasteiger partial charge in [0.05, 0.1) is 5.75 Å². The Morgan fingerprint density at radius 3 is 2.48 bits per heavy atom. The van der Waals surface area contributed by atoms with Crippen LogP contribution >= 0.6 is 23.4 Å². The van der Waals surface area contributed by atoms with E-state index in [1.807, 2.05) is 24.3 Å². The summed E-state index contributed by atoms with van der Waals surface area (Å²) in [6, 6.07) is 7.59. The Morgan fingerprint density at radius 1 is 1.16 bits per heavy atom. The molecule has 0 aliphatic rings. The SMILES string of the molecule is CCn1c(SCc2nc(C(C)(C)C)no2)nnc1-c1ccc(Cl)cc1. The standard InChI is InChI=1S/C17H20ClN5OS/c1-5-23-14(11-6-8-12(18)9-7-11)20-21-16(23)25-10-13-19-15(22-24-13)17(2,3)4/h6-9H,5,10H2,1-4H3. The predicted octanol–water partition coefficient (Wildman–Crippen LogP) is 4.59. The lowest BCUT2D eigenvalue weighted by Gasteiger charge is -2.10. The maximum Gasteiger partial charge on any atom is 0.237 e. The maximum absolute atomic E-state index is 5.96. The van der Waals surface area contributed by atoms with Gasteiger partial charge in [-0.1, -0.05) is 49.3 Å². The molecule has 0 spiro atoms. The third kappa shape index (κ3) is 4.04. The number of hydrogen-bond acceptors (Lipinski definition) is 6. The zero-order valence-electron chi connectivity index (χ0n) is 14.7. The van der Waals surface area contributed by atoms with Crippen molar-refractivity contribution in [1.82, 2.24) is 24.9 Å². The Hall–Kier alpha value is -1.86. The second kappa shape index (κ2) is 7.17. The highest BCUT2D eigenvalue weighted by molar-refractivity contribution is 7.98. The van der Waals surface area contributed by atoms with Crippen LogP contribution in [0, 0.1) is 0 Å². The maximum atomic E-state index is 5.96. The van der Waals surface area contributed by atoms with Gasteiger partial charge in [-0.2, -0.15) is 4.98 Å². The molecule has 2 aromatic heterocycles. The van der Waals surface area contributed by atoms with Crippen LogP contribution in [-0.4, -0.2) is 24.9 Å². The van der Waals surface area contributed by atoms with E-state index in [9.17, 15) is 0 Å². The lowest BCUT2D eigenvalue weighted by molar-refractivity contribution is 0.372. The van der Waals surface area contributed by atoms with Crippen molar-refractivity contribution < 1.29 is 4.52 Å². The highest BCUT2D eigenvalue weighted by atomic mass is 35.5. The molecule has 1 aromatic carbocycles. The van der Waals surface area contributed by atoms with Gasteiger partial charge in [0.15, 0.2) is 16.8 Å². The van der Waals surface area contributed by atoms with Gasteiger partial charge in [-0.25, -0.2) is 0 Å². The first kappa shape index (κ1) is 17.9. The molecule has 0 bridgehead atoms. The summed E-state index contributed by atoms with van der Waals surface area (Å²) in [5.74, 6) is 2.68. The van der Waals surface area contributed by atoms with Crippen molar-refractivity contribution in [3.8, 4) is 11.4 Å². The zero-order chi connectivity index (χ0) is 18.0. The molecule has 3 aromatic rings. The van der Waals surface area contributed by atoms with Crippen LogP contribution in [-0.2, 0) is 17.7 Å². The van der Waals surface area contributed by atoms with Gasteiger partial charge < -0.3 is 9.09 Å². The van der Waals surface area contributed by atoms with Crippen molar-refractivity contribution in [2.24, 2.45) is 0 Å². The average Bonchev–Trinajstić information content (AvgIpc) is 3.20. The molecule has 0 fully saturated rings. The van der Waals surface area contributed by atoms with Crippen molar-refractivity contribution in [2.45, 2.75) is 50.6 Å². The number of nitrogens with zero attached hydrogens (tertiary/aromatic N) is 5. The Labute approximate surface area is 156 Å². The molecule has 3 rings (SSSR count). The van der Waals surface area contributed by atoms with Crippen LogP contribution < -0.4 is 0 Å². The van der Waals surface area contributed by atoms with E-state index in [4.69, 9.17) is 16.1 Å². The summed E-state index contributed by atoms with van der Waals surface area (Å²) in [6.45, 7) is 9.00. The first-order valence-corrected chi connectivity index (χ1v) is 9.40. The summed E-state index contributed by atoms with van der Waals surface area (Å²) >= 11 is 7.49.